The molecule has 5 rings (SSSR count). The lowest BCUT2D eigenvalue weighted by Crippen LogP contribution is -2.08. The molecule has 0 spiro atoms. The standard InChI is InChI=1S/C28H27FN8S/c1-6-7-22(19-8-18(9-21(29)10-19)12-33-38(3,4)5)26-17(2)34-28(35-26)27-23-11-24(20-13-30-16-31-14-20)32-15-25(23)36-37-27/h6-11,13-16,33H,1,3-4,12H2,2,5H3,(H,34,35)(H,36,37)/b22-7-. The predicted octanol–water partition coefficient (Wildman–Crippen LogP) is 5.17. The maximum Gasteiger partial charge on any atom is 0.159 e. The molecular weight excluding hydrogens is 499 g/mol. The number of rotatable bonds is 8. The van der Waals surface area contributed by atoms with Crippen LogP contribution in [-0.2, 0) is 6.54 Å². The van der Waals surface area contributed by atoms with E-state index in [1.807, 2.05) is 31.4 Å². The number of fused-ring (bicyclic) bond motifs is 1. The number of aromatic nitrogens is 7. The Bertz CT molecular complexity index is 1780. The third-order valence-electron chi connectivity index (χ3n) is 5.85. The SMILES string of the molecule is C=C/C=C(/c1cc(F)cc(CNS(=C)(=C)C)c1)c1nc(-c2n[nH]c3cnc(-c4cncnc4)cc23)[nH]c1C. The van der Waals surface area contributed by atoms with Crippen molar-refractivity contribution in [1.82, 2.24) is 39.8 Å². The average Bonchev–Trinajstić information content (AvgIpc) is 3.48. The van der Waals surface area contributed by atoms with Gasteiger partial charge in [0.15, 0.2) is 5.82 Å². The van der Waals surface area contributed by atoms with Crippen LogP contribution in [0, 0.1) is 12.7 Å². The normalized spacial score (nSPS) is 12.2. The number of nitrogens with zero attached hydrogens (tertiary/aromatic N) is 5. The summed E-state index contributed by atoms with van der Waals surface area (Å²) in [6.07, 6.45) is 12.1. The zero-order valence-corrected chi connectivity index (χ0v) is 21.9. The number of halogens is 1. The van der Waals surface area contributed by atoms with Crippen LogP contribution in [0.1, 0.15) is 22.5 Å². The molecule has 0 radical (unpaired) electrons. The quantitative estimate of drug-likeness (QED) is 0.190. The first-order valence-electron chi connectivity index (χ1n) is 11.7. The number of aryl methyl sites for hydroxylation is 1. The number of benzene rings is 1. The third kappa shape index (κ3) is 5.31. The zero-order valence-electron chi connectivity index (χ0n) is 21.1. The lowest BCUT2D eigenvalue weighted by Gasteiger charge is -2.13. The van der Waals surface area contributed by atoms with Gasteiger partial charge in [0.1, 0.15) is 17.8 Å². The van der Waals surface area contributed by atoms with E-state index in [1.165, 1.54) is 18.5 Å². The third-order valence-corrected chi connectivity index (χ3v) is 6.69. The van der Waals surface area contributed by atoms with Crippen molar-refractivity contribution in [1.29, 1.82) is 0 Å². The Morgan fingerprint density at radius 2 is 1.92 bits per heavy atom. The van der Waals surface area contributed by atoms with Crippen molar-refractivity contribution in [2.24, 2.45) is 0 Å². The van der Waals surface area contributed by atoms with Crippen LogP contribution in [0.4, 0.5) is 4.39 Å². The number of H-pyrrole nitrogens is 2. The molecule has 0 aliphatic heterocycles. The van der Waals surface area contributed by atoms with Gasteiger partial charge in [-0.15, -0.1) is 0 Å². The van der Waals surface area contributed by atoms with E-state index in [1.54, 1.807) is 24.7 Å². The van der Waals surface area contributed by atoms with Gasteiger partial charge < -0.3 is 4.98 Å². The molecule has 0 unspecified atom stereocenters. The van der Waals surface area contributed by atoms with Crippen LogP contribution in [-0.4, -0.2) is 53.1 Å². The number of hydrogen-bond acceptors (Lipinski definition) is 6. The van der Waals surface area contributed by atoms with Crippen molar-refractivity contribution >= 4 is 37.6 Å². The summed E-state index contributed by atoms with van der Waals surface area (Å²) in [6.45, 7) is 6.24. The summed E-state index contributed by atoms with van der Waals surface area (Å²) in [6, 6.07) is 6.87. The van der Waals surface area contributed by atoms with Crippen LogP contribution >= 0.6 is 9.39 Å². The van der Waals surface area contributed by atoms with E-state index in [4.69, 9.17) is 4.98 Å². The number of pyridine rings is 1. The van der Waals surface area contributed by atoms with Crippen LogP contribution < -0.4 is 4.72 Å². The summed E-state index contributed by atoms with van der Waals surface area (Å²) in [7, 11) is -1.44. The number of hydrogen-bond donors (Lipinski definition) is 3. The van der Waals surface area contributed by atoms with Crippen LogP contribution in [0.25, 0.3) is 39.3 Å². The van der Waals surface area contributed by atoms with E-state index < -0.39 is 9.39 Å². The van der Waals surface area contributed by atoms with E-state index >= 15 is 0 Å². The van der Waals surface area contributed by atoms with Gasteiger partial charge in [-0.1, -0.05) is 30.5 Å². The van der Waals surface area contributed by atoms with Gasteiger partial charge in [0.05, 0.1) is 23.1 Å². The van der Waals surface area contributed by atoms with E-state index in [9.17, 15) is 4.39 Å². The molecule has 5 aromatic rings. The van der Waals surface area contributed by atoms with Crippen LogP contribution in [0.15, 0.2) is 67.9 Å². The highest BCUT2D eigenvalue weighted by Gasteiger charge is 2.19. The molecule has 0 saturated heterocycles. The van der Waals surface area contributed by atoms with E-state index in [-0.39, 0.29) is 5.82 Å². The van der Waals surface area contributed by atoms with Crippen LogP contribution in [0.2, 0.25) is 0 Å². The molecule has 0 bridgehead atoms. The Morgan fingerprint density at radius 1 is 1.13 bits per heavy atom. The molecule has 0 atom stereocenters. The van der Waals surface area contributed by atoms with Crippen molar-refractivity contribution in [2.45, 2.75) is 13.5 Å². The first-order valence-corrected chi connectivity index (χ1v) is 14.1. The van der Waals surface area contributed by atoms with Gasteiger partial charge in [0.25, 0.3) is 0 Å². The van der Waals surface area contributed by atoms with Crippen LogP contribution in [0.3, 0.4) is 0 Å². The fourth-order valence-corrected chi connectivity index (χ4v) is 4.63. The molecule has 3 N–H and O–H groups in total. The molecule has 1 aromatic carbocycles. The molecule has 0 aliphatic rings. The fourth-order valence-electron chi connectivity index (χ4n) is 4.12. The molecule has 0 aliphatic carbocycles. The molecule has 0 amide bonds. The maximum absolute atomic E-state index is 14.7. The van der Waals surface area contributed by atoms with E-state index in [0.717, 1.165) is 39.0 Å². The van der Waals surface area contributed by atoms with Crippen molar-refractivity contribution in [3.8, 4) is 22.8 Å². The topological polar surface area (TPSA) is 108 Å². The lowest BCUT2D eigenvalue weighted by atomic mass is 9.98. The summed E-state index contributed by atoms with van der Waals surface area (Å²) < 4.78 is 18.0. The highest BCUT2D eigenvalue weighted by atomic mass is 32.2. The summed E-state index contributed by atoms with van der Waals surface area (Å²) in [5.74, 6) is 8.31. The number of imidazole rings is 1. The van der Waals surface area contributed by atoms with E-state index in [0.29, 0.717) is 29.3 Å². The summed E-state index contributed by atoms with van der Waals surface area (Å²) >= 11 is 0. The molecule has 10 heteroatoms. The predicted molar refractivity (Wildman–Crippen MR) is 156 cm³/mol. The monoisotopic (exact) mass is 526 g/mol. The van der Waals surface area contributed by atoms with Crippen LogP contribution in [0.5, 0.6) is 0 Å². The van der Waals surface area contributed by atoms with Gasteiger partial charge in [0, 0.05) is 41.2 Å². The Hall–Kier alpha value is -4.41. The highest BCUT2D eigenvalue weighted by molar-refractivity contribution is 8.25. The second-order valence-electron chi connectivity index (χ2n) is 9.13. The number of nitrogens with one attached hydrogen (secondary N) is 3. The van der Waals surface area contributed by atoms with E-state index in [2.05, 4.69) is 53.2 Å². The van der Waals surface area contributed by atoms with Gasteiger partial charge in [-0.05, 0) is 48.6 Å². The minimum absolute atomic E-state index is 0.337. The van der Waals surface area contributed by atoms with Gasteiger partial charge in [-0.25, -0.2) is 19.3 Å². The minimum atomic E-state index is -1.44. The highest BCUT2D eigenvalue weighted by Crippen LogP contribution is 2.32. The Kier molecular flexibility index (Phi) is 6.75. The smallest absolute Gasteiger partial charge is 0.159 e. The molecular formula is C28H27FN8S. The average molecular weight is 527 g/mol. The zero-order chi connectivity index (χ0) is 26.9. The van der Waals surface area contributed by atoms with Crippen molar-refractivity contribution in [3.05, 3.63) is 96.2 Å². The summed E-state index contributed by atoms with van der Waals surface area (Å²) in [5, 5.41) is 8.37. The molecule has 0 fully saturated rings. The minimum Gasteiger partial charge on any atom is -0.340 e. The summed E-state index contributed by atoms with van der Waals surface area (Å²) in [5.41, 5.74) is 6.64. The first-order chi connectivity index (χ1) is 18.2. The van der Waals surface area contributed by atoms with Gasteiger partial charge in [-0.2, -0.15) is 14.5 Å². The van der Waals surface area contributed by atoms with Gasteiger partial charge >= 0.3 is 0 Å². The van der Waals surface area contributed by atoms with Crippen molar-refractivity contribution in [2.75, 3.05) is 6.26 Å². The van der Waals surface area contributed by atoms with Crippen molar-refractivity contribution in [3.63, 3.8) is 0 Å². The molecule has 4 heterocycles. The maximum atomic E-state index is 14.7. The molecule has 4 aromatic heterocycles. The van der Waals surface area contributed by atoms with Gasteiger partial charge in [0.2, 0.25) is 0 Å². The second-order valence-corrected chi connectivity index (χ2v) is 12.0. The largest absolute Gasteiger partial charge is 0.340 e. The summed E-state index contributed by atoms with van der Waals surface area (Å²) in [4.78, 5) is 20.9. The fraction of sp³-hybridized carbons (Fsp3) is 0.107. The molecule has 0 saturated carbocycles. The van der Waals surface area contributed by atoms with Crippen molar-refractivity contribution < 1.29 is 4.39 Å². The first kappa shape index (κ1) is 25.2. The molecule has 8 nitrogen and oxygen atoms in total. The Balaban J connectivity index is 1.56. The van der Waals surface area contributed by atoms with Gasteiger partial charge in [-0.3, -0.25) is 14.8 Å². The number of aromatic amines is 2. The number of allylic oxidation sites excluding steroid dienone is 2. The molecule has 192 valence electrons. The second kappa shape index (κ2) is 10.2. The lowest BCUT2D eigenvalue weighted by molar-refractivity contribution is 0.624. The molecule has 38 heavy (non-hydrogen) atoms. The Labute approximate surface area is 220 Å². The Morgan fingerprint density at radius 3 is 2.66 bits per heavy atom.